The van der Waals surface area contributed by atoms with Crippen LogP contribution < -0.4 is 10.2 Å². The first-order valence-electron chi connectivity index (χ1n) is 11.8. The third-order valence-corrected chi connectivity index (χ3v) is 6.34. The van der Waals surface area contributed by atoms with Gasteiger partial charge in [0.15, 0.2) is 5.82 Å². The SMILES string of the molecule is O=C(O)CC1CCC(=O)N(CC(=O)NCc2ccc(-c3nc4ccccc4[nH]3)nc2)c2ccccc21. The lowest BCUT2D eigenvalue weighted by atomic mass is 9.91. The summed E-state index contributed by atoms with van der Waals surface area (Å²) in [6.07, 6.45) is 2.25. The topological polar surface area (TPSA) is 128 Å². The molecule has 1 atom stereocenters. The smallest absolute Gasteiger partial charge is 0.303 e. The number of pyridine rings is 1. The van der Waals surface area contributed by atoms with Crippen LogP contribution in [0.5, 0.6) is 0 Å². The van der Waals surface area contributed by atoms with Gasteiger partial charge in [0, 0.05) is 24.8 Å². The second kappa shape index (κ2) is 9.99. The van der Waals surface area contributed by atoms with Gasteiger partial charge in [-0.15, -0.1) is 0 Å². The number of rotatable bonds is 7. The summed E-state index contributed by atoms with van der Waals surface area (Å²) in [6.45, 7) is 0.123. The molecular formula is C27H25N5O4. The van der Waals surface area contributed by atoms with Crippen molar-refractivity contribution in [3.63, 3.8) is 0 Å². The number of fused-ring (bicyclic) bond motifs is 2. The fraction of sp³-hybridized carbons (Fsp3) is 0.222. The van der Waals surface area contributed by atoms with Gasteiger partial charge in [-0.05, 0) is 47.7 Å². The van der Waals surface area contributed by atoms with Crippen LogP contribution >= 0.6 is 0 Å². The average molecular weight is 484 g/mol. The minimum atomic E-state index is -0.909. The maximum absolute atomic E-state index is 12.8. The Morgan fingerprint density at radius 2 is 1.89 bits per heavy atom. The van der Waals surface area contributed by atoms with E-state index in [1.165, 1.54) is 4.90 Å². The number of carboxylic acid groups (broad SMARTS) is 1. The molecule has 0 aliphatic carbocycles. The summed E-state index contributed by atoms with van der Waals surface area (Å²) in [4.78, 5) is 50.6. The van der Waals surface area contributed by atoms with Crippen molar-refractivity contribution in [2.24, 2.45) is 0 Å². The normalized spacial score (nSPS) is 15.4. The lowest BCUT2D eigenvalue weighted by Gasteiger charge is -2.23. The number of aromatic nitrogens is 3. The highest BCUT2D eigenvalue weighted by molar-refractivity contribution is 6.00. The number of H-pyrrole nitrogens is 1. The highest BCUT2D eigenvalue weighted by atomic mass is 16.4. The van der Waals surface area contributed by atoms with E-state index in [0.29, 0.717) is 23.6 Å². The van der Waals surface area contributed by atoms with Gasteiger partial charge in [-0.2, -0.15) is 0 Å². The van der Waals surface area contributed by atoms with E-state index >= 15 is 0 Å². The predicted octanol–water partition coefficient (Wildman–Crippen LogP) is 3.63. The first-order valence-corrected chi connectivity index (χ1v) is 11.8. The molecule has 0 bridgehead atoms. The molecule has 2 aromatic carbocycles. The molecule has 0 saturated heterocycles. The Labute approximate surface area is 207 Å². The van der Waals surface area contributed by atoms with Crippen molar-refractivity contribution in [1.82, 2.24) is 20.3 Å². The minimum Gasteiger partial charge on any atom is -0.481 e. The van der Waals surface area contributed by atoms with Gasteiger partial charge in [0.05, 0.1) is 17.5 Å². The third-order valence-electron chi connectivity index (χ3n) is 6.34. The zero-order valence-corrected chi connectivity index (χ0v) is 19.5. The number of amides is 2. The summed E-state index contributed by atoms with van der Waals surface area (Å²) in [7, 11) is 0. The summed E-state index contributed by atoms with van der Waals surface area (Å²) < 4.78 is 0. The van der Waals surface area contributed by atoms with Gasteiger partial charge in [-0.3, -0.25) is 19.4 Å². The number of anilines is 1. The molecule has 2 amide bonds. The molecular weight excluding hydrogens is 458 g/mol. The standard InChI is InChI=1S/C27H25N5O4/c33-24(16-32-23-8-4-1-5-19(23)18(13-26(35)36)10-12-25(32)34)29-15-17-9-11-22(28-14-17)27-30-20-6-2-3-7-21(20)31-27/h1-9,11,14,18H,10,12-13,15-16H2,(H,29,33)(H,30,31)(H,35,36). The van der Waals surface area contributed by atoms with E-state index in [4.69, 9.17) is 0 Å². The Bertz CT molecular complexity index is 1400. The van der Waals surface area contributed by atoms with Gasteiger partial charge in [0.25, 0.3) is 0 Å². The van der Waals surface area contributed by atoms with E-state index in [1.807, 2.05) is 48.5 Å². The number of nitrogens with zero attached hydrogens (tertiary/aromatic N) is 3. The van der Waals surface area contributed by atoms with Crippen LogP contribution in [0, 0.1) is 0 Å². The molecule has 2 aromatic heterocycles. The Kier molecular flexibility index (Phi) is 6.44. The molecule has 36 heavy (non-hydrogen) atoms. The fourth-order valence-electron chi connectivity index (χ4n) is 4.54. The van der Waals surface area contributed by atoms with Crippen LogP contribution in [0.15, 0.2) is 66.9 Å². The number of hydrogen-bond acceptors (Lipinski definition) is 5. The van der Waals surface area contributed by atoms with Crippen LogP contribution in [0.25, 0.3) is 22.6 Å². The molecule has 0 fully saturated rings. The Morgan fingerprint density at radius 3 is 2.67 bits per heavy atom. The van der Waals surface area contributed by atoms with Gasteiger partial charge in [0.2, 0.25) is 11.8 Å². The summed E-state index contributed by atoms with van der Waals surface area (Å²) in [6, 6.07) is 18.7. The van der Waals surface area contributed by atoms with E-state index in [-0.39, 0.29) is 43.7 Å². The van der Waals surface area contributed by atoms with Gasteiger partial charge in [-0.1, -0.05) is 36.4 Å². The number of nitrogens with one attached hydrogen (secondary N) is 2. The van der Waals surface area contributed by atoms with E-state index in [0.717, 1.165) is 22.2 Å². The fourth-order valence-corrected chi connectivity index (χ4v) is 4.54. The summed E-state index contributed by atoms with van der Waals surface area (Å²) in [5, 5.41) is 12.1. The molecule has 9 heteroatoms. The second-order valence-corrected chi connectivity index (χ2v) is 8.80. The molecule has 3 N–H and O–H groups in total. The molecule has 4 aromatic rings. The monoisotopic (exact) mass is 483 g/mol. The lowest BCUT2D eigenvalue weighted by Crippen LogP contribution is -2.40. The molecule has 0 radical (unpaired) electrons. The summed E-state index contributed by atoms with van der Waals surface area (Å²) in [5.41, 5.74) is 4.69. The van der Waals surface area contributed by atoms with Crippen LogP contribution in [0.2, 0.25) is 0 Å². The van der Waals surface area contributed by atoms with Crippen LogP contribution in [0.4, 0.5) is 5.69 Å². The Hall–Kier alpha value is -4.53. The van der Waals surface area contributed by atoms with Gasteiger partial charge in [0.1, 0.15) is 12.2 Å². The van der Waals surface area contributed by atoms with E-state index in [9.17, 15) is 19.5 Å². The highest BCUT2D eigenvalue weighted by Gasteiger charge is 2.30. The van der Waals surface area contributed by atoms with Crippen molar-refractivity contribution >= 4 is 34.5 Å². The van der Waals surface area contributed by atoms with Crippen LogP contribution in [0.3, 0.4) is 0 Å². The maximum Gasteiger partial charge on any atom is 0.303 e. The summed E-state index contributed by atoms with van der Waals surface area (Å²) in [5.74, 6) is -1.01. The third kappa shape index (κ3) is 4.95. The second-order valence-electron chi connectivity index (χ2n) is 8.80. The number of carbonyl (C=O) groups is 3. The first kappa shape index (κ1) is 23.2. The van der Waals surface area contributed by atoms with Crippen molar-refractivity contribution in [2.45, 2.75) is 31.7 Å². The number of carboxylic acids is 1. The predicted molar refractivity (Wildman–Crippen MR) is 134 cm³/mol. The van der Waals surface area contributed by atoms with Crippen molar-refractivity contribution < 1.29 is 19.5 Å². The lowest BCUT2D eigenvalue weighted by molar-refractivity contribution is -0.137. The number of para-hydroxylation sites is 3. The van der Waals surface area contributed by atoms with Crippen molar-refractivity contribution in [3.05, 3.63) is 78.0 Å². The van der Waals surface area contributed by atoms with Crippen molar-refractivity contribution in [1.29, 1.82) is 0 Å². The molecule has 1 unspecified atom stereocenters. The summed E-state index contributed by atoms with van der Waals surface area (Å²) >= 11 is 0. The molecule has 9 nitrogen and oxygen atoms in total. The van der Waals surface area contributed by atoms with E-state index in [2.05, 4.69) is 20.3 Å². The van der Waals surface area contributed by atoms with Gasteiger partial charge >= 0.3 is 5.97 Å². The average Bonchev–Trinajstić information content (AvgIpc) is 3.28. The van der Waals surface area contributed by atoms with E-state index < -0.39 is 5.97 Å². The number of imidazole rings is 1. The molecule has 5 rings (SSSR count). The Morgan fingerprint density at radius 1 is 1.08 bits per heavy atom. The molecule has 3 heterocycles. The van der Waals surface area contributed by atoms with E-state index in [1.54, 1.807) is 18.3 Å². The minimum absolute atomic E-state index is 0.0542. The number of aromatic amines is 1. The molecule has 0 spiro atoms. The number of carbonyl (C=O) groups excluding carboxylic acids is 2. The number of hydrogen-bond donors (Lipinski definition) is 3. The highest BCUT2D eigenvalue weighted by Crippen LogP contribution is 2.36. The van der Waals surface area contributed by atoms with Gasteiger partial charge in [-0.25, -0.2) is 4.98 Å². The zero-order chi connectivity index (χ0) is 25.1. The quantitative estimate of drug-likeness (QED) is 0.368. The number of aliphatic carboxylic acids is 1. The number of benzene rings is 2. The largest absolute Gasteiger partial charge is 0.481 e. The zero-order valence-electron chi connectivity index (χ0n) is 19.5. The maximum atomic E-state index is 12.8. The van der Waals surface area contributed by atoms with Crippen LogP contribution in [-0.4, -0.2) is 44.4 Å². The molecule has 1 aliphatic heterocycles. The van der Waals surface area contributed by atoms with Crippen LogP contribution in [0.1, 0.15) is 36.3 Å². The van der Waals surface area contributed by atoms with Crippen LogP contribution in [-0.2, 0) is 20.9 Å². The Balaban J connectivity index is 1.24. The van der Waals surface area contributed by atoms with Gasteiger partial charge < -0.3 is 20.3 Å². The van der Waals surface area contributed by atoms with Crippen molar-refractivity contribution in [2.75, 3.05) is 11.4 Å². The van der Waals surface area contributed by atoms with Crippen molar-refractivity contribution in [3.8, 4) is 11.5 Å². The molecule has 1 aliphatic rings. The molecule has 182 valence electrons. The first-order chi connectivity index (χ1) is 17.5. The molecule has 0 saturated carbocycles.